The highest BCUT2D eigenvalue weighted by molar-refractivity contribution is 5.76. The highest BCUT2D eigenvalue weighted by Gasteiger charge is 2.33. The number of carbonyl (C=O) groups is 1. The monoisotopic (exact) mass is 230 g/mol. The second-order valence-electron chi connectivity index (χ2n) is 4.83. The first-order valence-corrected chi connectivity index (χ1v) is 5.80. The molecule has 0 radical (unpaired) electrons. The lowest BCUT2D eigenvalue weighted by Gasteiger charge is -2.31. The Bertz CT molecular complexity index is 235. The normalized spacial score (nSPS) is 26.1. The molecule has 0 aromatic carbocycles. The maximum atomic E-state index is 10.8. The average Bonchev–Trinajstić information content (AvgIpc) is 2.44. The molecule has 5 nitrogen and oxygen atoms in total. The molecule has 1 rings (SSSR count). The summed E-state index contributed by atoms with van der Waals surface area (Å²) in [6.07, 6.45) is 3.16. The van der Waals surface area contributed by atoms with Crippen LogP contribution in [0, 0.1) is 0 Å². The molecule has 1 heterocycles. The lowest BCUT2D eigenvalue weighted by Crippen LogP contribution is -2.48. The number of carboxylic acids is 1. The van der Waals surface area contributed by atoms with Crippen LogP contribution in [0.4, 0.5) is 0 Å². The number of aliphatic carboxylic acids is 1. The Kier molecular flexibility index (Phi) is 4.70. The predicted octanol–water partition coefficient (Wildman–Crippen LogP) is -0.104. The molecule has 1 aliphatic heterocycles. The molecule has 0 spiro atoms. The number of nitrogens with zero attached hydrogens (tertiary/aromatic N) is 1. The van der Waals surface area contributed by atoms with E-state index in [9.17, 15) is 9.90 Å². The van der Waals surface area contributed by atoms with Crippen LogP contribution in [0.1, 0.15) is 26.2 Å². The van der Waals surface area contributed by atoms with Crippen LogP contribution >= 0.6 is 0 Å². The zero-order chi connectivity index (χ0) is 12.2. The molecule has 0 amide bonds. The van der Waals surface area contributed by atoms with Gasteiger partial charge in [-0.2, -0.15) is 0 Å². The van der Waals surface area contributed by atoms with Crippen LogP contribution in [0.5, 0.6) is 0 Å². The van der Waals surface area contributed by atoms with Crippen LogP contribution in [-0.4, -0.2) is 59.4 Å². The van der Waals surface area contributed by atoms with Crippen LogP contribution in [0.15, 0.2) is 0 Å². The van der Waals surface area contributed by atoms with Gasteiger partial charge in [0.1, 0.15) is 0 Å². The van der Waals surface area contributed by atoms with E-state index < -0.39 is 11.6 Å². The van der Waals surface area contributed by atoms with Crippen molar-refractivity contribution in [1.82, 2.24) is 10.2 Å². The highest BCUT2D eigenvalue weighted by atomic mass is 16.4. The van der Waals surface area contributed by atoms with E-state index in [1.165, 1.54) is 6.92 Å². The fraction of sp³-hybridized carbons (Fsp3) is 0.909. The summed E-state index contributed by atoms with van der Waals surface area (Å²) < 4.78 is 0. The molecule has 16 heavy (non-hydrogen) atoms. The molecule has 1 fully saturated rings. The SMILES string of the molecule is CN(CC(C)(O)C(=O)O)C1CCCNCC1. The summed E-state index contributed by atoms with van der Waals surface area (Å²) in [7, 11) is 1.88. The van der Waals surface area contributed by atoms with Crippen LogP contribution < -0.4 is 5.32 Å². The van der Waals surface area contributed by atoms with Gasteiger partial charge in [0, 0.05) is 12.6 Å². The number of likely N-dealkylation sites (N-methyl/N-ethyl adjacent to an activating group) is 1. The van der Waals surface area contributed by atoms with Crippen molar-refractivity contribution >= 4 is 5.97 Å². The van der Waals surface area contributed by atoms with Gasteiger partial charge in [-0.1, -0.05) is 0 Å². The molecule has 0 bridgehead atoms. The maximum absolute atomic E-state index is 10.8. The summed E-state index contributed by atoms with van der Waals surface area (Å²) >= 11 is 0. The van der Waals surface area contributed by atoms with E-state index in [4.69, 9.17) is 5.11 Å². The Hall–Kier alpha value is -0.650. The quantitative estimate of drug-likeness (QED) is 0.629. The van der Waals surface area contributed by atoms with Gasteiger partial charge in [0.05, 0.1) is 0 Å². The average molecular weight is 230 g/mol. The molecule has 0 aromatic heterocycles. The Balaban J connectivity index is 2.49. The fourth-order valence-electron chi connectivity index (χ4n) is 2.12. The number of nitrogens with one attached hydrogen (secondary N) is 1. The number of aliphatic hydroxyl groups is 1. The van der Waals surface area contributed by atoms with Gasteiger partial charge in [0.25, 0.3) is 0 Å². The first-order valence-electron chi connectivity index (χ1n) is 5.80. The lowest BCUT2D eigenvalue weighted by molar-refractivity contribution is -0.158. The topological polar surface area (TPSA) is 72.8 Å². The number of hydrogen-bond acceptors (Lipinski definition) is 4. The third kappa shape index (κ3) is 3.73. The highest BCUT2D eigenvalue weighted by Crippen LogP contribution is 2.15. The Morgan fingerprint density at radius 1 is 1.50 bits per heavy atom. The van der Waals surface area contributed by atoms with Crippen molar-refractivity contribution in [2.24, 2.45) is 0 Å². The van der Waals surface area contributed by atoms with Gasteiger partial charge in [-0.05, 0) is 46.3 Å². The minimum atomic E-state index is -1.66. The lowest BCUT2D eigenvalue weighted by atomic mass is 10.0. The largest absolute Gasteiger partial charge is 0.479 e. The summed E-state index contributed by atoms with van der Waals surface area (Å²) in [6, 6.07) is 0.362. The molecule has 0 saturated carbocycles. The minimum absolute atomic E-state index is 0.174. The van der Waals surface area contributed by atoms with Crippen LogP contribution in [-0.2, 0) is 4.79 Å². The zero-order valence-corrected chi connectivity index (χ0v) is 10.1. The van der Waals surface area contributed by atoms with Gasteiger partial charge in [-0.15, -0.1) is 0 Å². The van der Waals surface area contributed by atoms with Crippen molar-refractivity contribution in [2.75, 3.05) is 26.7 Å². The van der Waals surface area contributed by atoms with E-state index in [-0.39, 0.29) is 6.54 Å². The Labute approximate surface area is 96.4 Å². The maximum Gasteiger partial charge on any atom is 0.336 e. The first-order chi connectivity index (χ1) is 7.43. The summed E-state index contributed by atoms with van der Waals surface area (Å²) in [5, 5.41) is 21.9. The predicted molar refractivity (Wildman–Crippen MR) is 61.4 cm³/mol. The minimum Gasteiger partial charge on any atom is -0.479 e. The number of carboxylic acid groups (broad SMARTS) is 1. The molecule has 2 unspecified atom stereocenters. The smallest absolute Gasteiger partial charge is 0.336 e. The van der Waals surface area contributed by atoms with E-state index in [0.29, 0.717) is 6.04 Å². The molecule has 94 valence electrons. The molecular weight excluding hydrogens is 208 g/mol. The van der Waals surface area contributed by atoms with Crippen LogP contribution in [0.2, 0.25) is 0 Å². The van der Waals surface area contributed by atoms with Gasteiger partial charge in [-0.25, -0.2) is 4.79 Å². The van der Waals surface area contributed by atoms with Gasteiger partial charge < -0.3 is 15.5 Å². The third-order valence-electron chi connectivity index (χ3n) is 3.19. The standard InChI is InChI=1S/C11H22N2O3/c1-11(16,10(14)15)8-13(2)9-4-3-6-12-7-5-9/h9,12,16H,3-8H2,1-2H3,(H,14,15). The van der Waals surface area contributed by atoms with E-state index in [1.807, 2.05) is 11.9 Å². The van der Waals surface area contributed by atoms with Crippen molar-refractivity contribution in [3.05, 3.63) is 0 Å². The molecule has 5 heteroatoms. The third-order valence-corrected chi connectivity index (χ3v) is 3.19. The van der Waals surface area contributed by atoms with Crippen molar-refractivity contribution in [2.45, 2.75) is 37.8 Å². The summed E-state index contributed by atoms with van der Waals surface area (Å²) in [6.45, 7) is 3.51. The van der Waals surface area contributed by atoms with Crippen molar-refractivity contribution in [1.29, 1.82) is 0 Å². The number of hydrogen-bond donors (Lipinski definition) is 3. The zero-order valence-electron chi connectivity index (χ0n) is 10.1. The molecule has 2 atom stereocenters. The first kappa shape index (κ1) is 13.4. The second-order valence-corrected chi connectivity index (χ2v) is 4.83. The molecule has 1 aliphatic rings. The number of rotatable bonds is 4. The summed E-state index contributed by atoms with van der Waals surface area (Å²) in [5.41, 5.74) is -1.66. The molecule has 0 aromatic rings. The molecule has 0 aliphatic carbocycles. The van der Waals surface area contributed by atoms with Gasteiger partial charge >= 0.3 is 5.97 Å². The van der Waals surface area contributed by atoms with Gasteiger partial charge in [-0.3, -0.25) is 4.90 Å². The van der Waals surface area contributed by atoms with E-state index in [0.717, 1.165) is 32.4 Å². The van der Waals surface area contributed by atoms with E-state index in [2.05, 4.69) is 5.32 Å². The van der Waals surface area contributed by atoms with Gasteiger partial charge in [0.2, 0.25) is 0 Å². The van der Waals surface area contributed by atoms with E-state index in [1.54, 1.807) is 0 Å². The Morgan fingerprint density at radius 3 is 2.81 bits per heavy atom. The molecule has 3 N–H and O–H groups in total. The van der Waals surface area contributed by atoms with Crippen molar-refractivity contribution < 1.29 is 15.0 Å². The van der Waals surface area contributed by atoms with E-state index >= 15 is 0 Å². The second kappa shape index (κ2) is 5.61. The van der Waals surface area contributed by atoms with Crippen LogP contribution in [0.3, 0.4) is 0 Å². The molecular formula is C11H22N2O3. The summed E-state index contributed by atoms with van der Waals surface area (Å²) in [4.78, 5) is 12.8. The van der Waals surface area contributed by atoms with Crippen molar-refractivity contribution in [3.63, 3.8) is 0 Å². The van der Waals surface area contributed by atoms with Crippen LogP contribution in [0.25, 0.3) is 0 Å². The molecule has 1 saturated heterocycles. The fourth-order valence-corrected chi connectivity index (χ4v) is 2.12. The summed E-state index contributed by atoms with van der Waals surface area (Å²) in [5.74, 6) is -1.16. The van der Waals surface area contributed by atoms with Gasteiger partial charge in [0.15, 0.2) is 5.60 Å². The van der Waals surface area contributed by atoms with Crippen molar-refractivity contribution in [3.8, 4) is 0 Å². The Morgan fingerprint density at radius 2 is 2.19 bits per heavy atom.